The monoisotopic (exact) mass is 231 g/mol. The van der Waals surface area contributed by atoms with Gasteiger partial charge in [0.05, 0.1) is 7.11 Å². The van der Waals surface area contributed by atoms with E-state index in [4.69, 9.17) is 4.79 Å². The van der Waals surface area contributed by atoms with Crippen molar-refractivity contribution in [1.29, 1.82) is 0 Å². The van der Waals surface area contributed by atoms with Crippen LogP contribution in [0.15, 0.2) is 24.5 Å². The predicted octanol–water partition coefficient (Wildman–Crippen LogP) is 1.77. The molecule has 0 saturated carbocycles. The molecule has 0 bridgehead atoms. The maximum atomic E-state index is 8.95. The molecular weight excluding hydrogens is 222 g/mol. The molecule has 0 amide bonds. The van der Waals surface area contributed by atoms with Crippen LogP contribution in [0.3, 0.4) is 0 Å². The first-order valence-corrected chi connectivity index (χ1v) is 4.38. The number of methoxy groups -OCH3 is 1. The Morgan fingerprint density at radius 3 is 2.67 bits per heavy atom. The van der Waals surface area contributed by atoms with Gasteiger partial charge < -0.3 is 4.74 Å². The van der Waals surface area contributed by atoms with E-state index in [1.165, 1.54) is 12.7 Å². The van der Waals surface area contributed by atoms with E-state index in [0.717, 1.165) is 5.33 Å². The van der Waals surface area contributed by atoms with Crippen LogP contribution < -0.4 is 0 Å². The molecule has 0 atom stereocenters. The highest BCUT2D eigenvalue weighted by atomic mass is 79.9. The molecule has 0 aliphatic rings. The lowest BCUT2D eigenvalue weighted by atomic mass is 10.3. The Kier molecular flexibility index (Phi) is 7.58. The highest BCUT2D eigenvalue weighted by Gasteiger charge is 1.82. The van der Waals surface area contributed by atoms with Gasteiger partial charge in [0.15, 0.2) is 0 Å². The van der Waals surface area contributed by atoms with Gasteiger partial charge in [-0.05, 0) is 11.6 Å². The van der Waals surface area contributed by atoms with Gasteiger partial charge in [0.25, 0.3) is 6.47 Å². The zero-order valence-electron chi connectivity index (χ0n) is 6.74. The third-order valence-electron chi connectivity index (χ3n) is 0.973. The molecule has 12 heavy (non-hydrogen) atoms. The molecule has 0 aliphatic carbocycles. The standard InChI is InChI=1S/C6H6BrN.C2H4O2/c7-4-6-2-1-3-8-5-6;1-4-2-3/h1-3,5H,4H2;2H,1H3. The molecule has 0 saturated heterocycles. The van der Waals surface area contributed by atoms with Crippen molar-refractivity contribution in [3.63, 3.8) is 0 Å². The van der Waals surface area contributed by atoms with E-state index in [2.05, 4.69) is 25.7 Å². The van der Waals surface area contributed by atoms with Gasteiger partial charge in [-0.1, -0.05) is 22.0 Å². The molecule has 0 N–H and O–H groups in total. The Balaban J connectivity index is 0.000000261. The zero-order valence-corrected chi connectivity index (χ0v) is 8.32. The number of halogens is 1. The maximum Gasteiger partial charge on any atom is 0.292 e. The van der Waals surface area contributed by atoms with Crippen molar-refractivity contribution in [1.82, 2.24) is 4.98 Å². The number of aromatic nitrogens is 1. The topological polar surface area (TPSA) is 39.2 Å². The van der Waals surface area contributed by atoms with Crippen LogP contribution in [-0.2, 0) is 14.9 Å². The van der Waals surface area contributed by atoms with Gasteiger partial charge >= 0.3 is 0 Å². The summed E-state index contributed by atoms with van der Waals surface area (Å²) >= 11 is 3.32. The molecule has 1 aromatic heterocycles. The fraction of sp³-hybridized carbons (Fsp3) is 0.250. The van der Waals surface area contributed by atoms with E-state index >= 15 is 0 Å². The molecule has 4 heteroatoms. The van der Waals surface area contributed by atoms with Crippen molar-refractivity contribution in [2.45, 2.75) is 5.33 Å². The van der Waals surface area contributed by atoms with Crippen LogP contribution in [0.1, 0.15) is 5.56 Å². The largest absolute Gasteiger partial charge is 0.471 e. The number of pyridine rings is 1. The lowest BCUT2D eigenvalue weighted by molar-refractivity contribution is -0.126. The summed E-state index contributed by atoms with van der Waals surface area (Å²) in [5.74, 6) is 0. The fourth-order valence-electron chi connectivity index (χ4n) is 0.477. The van der Waals surface area contributed by atoms with Crippen LogP contribution >= 0.6 is 15.9 Å². The third kappa shape index (κ3) is 5.85. The smallest absolute Gasteiger partial charge is 0.292 e. The Hall–Kier alpha value is -0.900. The minimum atomic E-state index is 0.375. The summed E-state index contributed by atoms with van der Waals surface area (Å²) in [5, 5.41) is 0.890. The van der Waals surface area contributed by atoms with Crippen molar-refractivity contribution in [3.8, 4) is 0 Å². The second-order valence-electron chi connectivity index (χ2n) is 1.83. The Labute approximate surface area is 79.9 Å². The van der Waals surface area contributed by atoms with Crippen molar-refractivity contribution in [2.24, 2.45) is 0 Å². The molecule has 0 spiro atoms. The molecule has 0 aliphatic heterocycles. The summed E-state index contributed by atoms with van der Waals surface area (Å²) in [4.78, 5) is 12.9. The van der Waals surface area contributed by atoms with Crippen molar-refractivity contribution in [3.05, 3.63) is 30.1 Å². The van der Waals surface area contributed by atoms with E-state index in [0.29, 0.717) is 6.47 Å². The van der Waals surface area contributed by atoms with Crippen LogP contribution in [0.25, 0.3) is 0 Å². The van der Waals surface area contributed by atoms with E-state index in [1.54, 1.807) is 6.20 Å². The maximum absolute atomic E-state index is 8.95. The number of hydrogen-bond donors (Lipinski definition) is 0. The number of hydrogen-bond acceptors (Lipinski definition) is 3. The number of ether oxygens (including phenoxy) is 1. The van der Waals surface area contributed by atoms with Crippen LogP contribution in [0.4, 0.5) is 0 Å². The van der Waals surface area contributed by atoms with Gasteiger partial charge in [0.1, 0.15) is 0 Å². The quantitative estimate of drug-likeness (QED) is 0.576. The average Bonchev–Trinajstić information content (AvgIpc) is 2.19. The number of alkyl halides is 1. The number of carbonyl (C=O) groups excluding carboxylic acids is 1. The normalized spacial score (nSPS) is 7.83. The molecule has 0 radical (unpaired) electrons. The Bertz CT molecular complexity index is 203. The number of nitrogens with zero attached hydrogens (tertiary/aromatic N) is 1. The van der Waals surface area contributed by atoms with E-state index in [9.17, 15) is 0 Å². The average molecular weight is 232 g/mol. The first-order valence-electron chi connectivity index (χ1n) is 3.26. The lowest BCUT2D eigenvalue weighted by Gasteiger charge is -1.87. The summed E-state index contributed by atoms with van der Waals surface area (Å²) in [5.41, 5.74) is 1.22. The van der Waals surface area contributed by atoms with Crippen LogP contribution in [0, 0.1) is 0 Å². The molecule has 0 fully saturated rings. The molecule has 1 heterocycles. The van der Waals surface area contributed by atoms with Crippen molar-refractivity contribution in [2.75, 3.05) is 7.11 Å². The summed E-state index contributed by atoms with van der Waals surface area (Å²) < 4.78 is 3.86. The number of carbonyl (C=O) groups is 1. The minimum Gasteiger partial charge on any atom is -0.471 e. The fourth-order valence-corrected chi connectivity index (χ4v) is 0.809. The van der Waals surface area contributed by atoms with E-state index < -0.39 is 0 Å². The van der Waals surface area contributed by atoms with Gasteiger partial charge in [-0.2, -0.15) is 0 Å². The highest BCUT2D eigenvalue weighted by Crippen LogP contribution is 2.00. The minimum absolute atomic E-state index is 0.375. The van der Waals surface area contributed by atoms with Crippen LogP contribution in [0.5, 0.6) is 0 Å². The predicted molar refractivity (Wildman–Crippen MR) is 49.9 cm³/mol. The first-order chi connectivity index (χ1) is 5.85. The van der Waals surface area contributed by atoms with Crippen LogP contribution in [0.2, 0.25) is 0 Å². The van der Waals surface area contributed by atoms with Crippen LogP contribution in [-0.4, -0.2) is 18.6 Å². The molecule has 3 nitrogen and oxygen atoms in total. The summed E-state index contributed by atoms with van der Waals surface area (Å²) in [7, 11) is 1.31. The van der Waals surface area contributed by atoms with Crippen molar-refractivity contribution < 1.29 is 9.53 Å². The molecule has 1 aromatic rings. The van der Waals surface area contributed by atoms with E-state index in [1.807, 2.05) is 18.3 Å². The van der Waals surface area contributed by atoms with Gasteiger partial charge in [-0.15, -0.1) is 0 Å². The van der Waals surface area contributed by atoms with Gasteiger partial charge in [0.2, 0.25) is 0 Å². The summed E-state index contributed by atoms with van der Waals surface area (Å²) in [6.45, 7) is 0.375. The zero-order chi connectivity index (χ0) is 9.23. The van der Waals surface area contributed by atoms with Gasteiger partial charge in [-0.3, -0.25) is 9.78 Å². The van der Waals surface area contributed by atoms with Gasteiger partial charge in [-0.25, -0.2) is 0 Å². The molecular formula is C8H10BrNO2. The SMILES string of the molecule is BrCc1cccnc1.COC=O. The second-order valence-corrected chi connectivity index (χ2v) is 2.39. The van der Waals surface area contributed by atoms with Crippen molar-refractivity contribution >= 4 is 22.4 Å². The Morgan fingerprint density at radius 2 is 2.42 bits per heavy atom. The summed E-state index contributed by atoms with van der Waals surface area (Å²) in [6, 6.07) is 3.96. The third-order valence-corrected chi connectivity index (χ3v) is 1.62. The Morgan fingerprint density at radius 1 is 1.75 bits per heavy atom. The lowest BCUT2D eigenvalue weighted by Crippen LogP contribution is -1.75. The molecule has 66 valence electrons. The first kappa shape index (κ1) is 11.1. The molecule has 1 rings (SSSR count). The van der Waals surface area contributed by atoms with E-state index in [-0.39, 0.29) is 0 Å². The highest BCUT2D eigenvalue weighted by molar-refractivity contribution is 9.08. The molecule has 0 unspecified atom stereocenters. The second kappa shape index (κ2) is 8.20. The van der Waals surface area contributed by atoms with Gasteiger partial charge in [0, 0.05) is 17.7 Å². The number of rotatable bonds is 2. The molecule has 0 aromatic carbocycles. The summed E-state index contributed by atoms with van der Waals surface area (Å²) in [6.07, 6.45) is 3.61.